The molecule has 0 aliphatic carbocycles. The fourth-order valence-electron chi connectivity index (χ4n) is 2.84. The van der Waals surface area contributed by atoms with Gasteiger partial charge in [0, 0.05) is 34.6 Å². The third-order valence-electron chi connectivity index (χ3n) is 4.42. The number of thioether (sulfide) groups is 1. The smallest absolute Gasteiger partial charge is 0.446 e. The molecule has 0 bridgehead atoms. The number of hydrogen-bond donors (Lipinski definition) is 3. The van der Waals surface area contributed by atoms with E-state index >= 15 is 0 Å². The highest BCUT2D eigenvalue weighted by molar-refractivity contribution is 8.00. The Morgan fingerprint density at radius 1 is 0.971 bits per heavy atom. The minimum Gasteiger partial charge on any atom is -0.507 e. The second kappa shape index (κ2) is 11.0. The summed E-state index contributed by atoms with van der Waals surface area (Å²) < 4.78 is 60.6. The van der Waals surface area contributed by atoms with Crippen molar-refractivity contribution in [2.24, 2.45) is 0 Å². The van der Waals surface area contributed by atoms with Crippen LogP contribution in [0.1, 0.15) is 15.9 Å². The summed E-state index contributed by atoms with van der Waals surface area (Å²) in [6.45, 7) is 0.379. The van der Waals surface area contributed by atoms with Crippen LogP contribution in [0, 0.1) is 0 Å². The van der Waals surface area contributed by atoms with Crippen LogP contribution in [0.4, 0.5) is 24.5 Å². The Kier molecular flexibility index (Phi) is 8.87. The first-order chi connectivity index (χ1) is 15.4. The van der Waals surface area contributed by atoms with Gasteiger partial charge in [-0.25, -0.2) is 8.42 Å². The molecule has 0 unspecified atom stereocenters. The molecule has 0 aliphatic heterocycles. The van der Waals surface area contributed by atoms with Crippen LogP contribution in [0.15, 0.2) is 76.5 Å². The molecule has 12 heteroatoms. The second-order valence-corrected chi connectivity index (χ2v) is 10.2. The Labute approximate surface area is 204 Å². The lowest BCUT2D eigenvalue weighted by Gasteiger charge is -2.10. The van der Waals surface area contributed by atoms with Gasteiger partial charge in [0.1, 0.15) is 10.6 Å². The molecule has 0 atom stereocenters. The van der Waals surface area contributed by atoms with E-state index in [-0.39, 0.29) is 39.6 Å². The Balaban J connectivity index is 0.00000408. The maximum absolute atomic E-state index is 12.5. The van der Waals surface area contributed by atoms with E-state index in [1.807, 2.05) is 0 Å². The molecule has 0 saturated heterocycles. The van der Waals surface area contributed by atoms with Gasteiger partial charge in [0.25, 0.3) is 5.91 Å². The zero-order valence-electron chi connectivity index (χ0n) is 17.6. The van der Waals surface area contributed by atoms with Gasteiger partial charge >= 0.3 is 5.51 Å². The maximum atomic E-state index is 12.5. The van der Waals surface area contributed by atoms with Crippen molar-refractivity contribution in [1.29, 1.82) is 0 Å². The fourth-order valence-corrected chi connectivity index (χ4v) is 4.17. The number of alkyl halides is 3. The van der Waals surface area contributed by atoms with E-state index in [2.05, 4.69) is 10.6 Å². The number of aromatic hydroxyl groups is 1. The monoisotopic (exact) mass is 532 g/mol. The quantitative estimate of drug-likeness (QED) is 0.267. The summed E-state index contributed by atoms with van der Waals surface area (Å²) >= 11 is -0.169. The Morgan fingerprint density at radius 3 is 2.12 bits per heavy atom. The van der Waals surface area contributed by atoms with E-state index in [4.69, 9.17) is 0 Å². The highest BCUT2D eigenvalue weighted by atomic mass is 35.5. The Bertz CT molecular complexity index is 1250. The van der Waals surface area contributed by atoms with Crippen LogP contribution in [0.2, 0.25) is 0 Å². The van der Waals surface area contributed by atoms with Crippen molar-refractivity contribution >= 4 is 51.3 Å². The summed E-state index contributed by atoms with van der Waals surface area (Å²) in [7, 11) is -3.66. The first kappa shape index (κ1) is 27.4. The number of phenols is 1. The molecule has 3 aromatic carbocycles. The van der Waals surface area contributed by atoms with Gasteiger partial charge in [-0.1, -0.05) is 12.1 Å². The number of hydrogen-bond acceptors (Lipinski definition) is 6. The highest BCUT2D eigenvalue weighted by Crippen LogP contribution is 2.36. The van der Waals surface area contributed by atoms with E-state index in [9.17, 15) is 31.5 Å². The molecule has 1 amide bonds. The zero-order chi connectivity index (χ0) is 24.2. The molecule has 3 rings (SSSR count). The molecule has 34 heavy (non-hydrogen) atoms. The minimum atomic E-state index is -4.33. The molecule has 6 nitrogen and oxygen atoms in total. The molecule has 0 aliphatic rings. The molecule has 0 radical (unpaired) electrons. The summed E-state index contributed by atoms with van der Waals surface area (Å²) in [4.78, 5) is 12.3. The van der Waals surface area contributed by atoms with Crippen molar-refractivity contribution < 1.29 is 31.5 Å². The number of amides is 1. The number of benzene rings is 3. The van der Waals surface area contributed by atoms with Crippen LogP contribution in [0.25, 0.3) is 0 Å². The topological polar surface area (TPSA) is 95.5 Å². The second-order valence-electron chi connectivity index (χ2n) is 7.03. The first-order valence-corrected chi connectivity index (χ1v) is 12.1. The summed E-state index contributed by atoms with van der Waals surface area (Å²) in [5.74, 6) is -0.871. The number of rotatable bonds is 7. The molecule has 0 spiro atoms. The van der Waals surface area contributed by atoms with E-state index in [1.165, 1.54) is 30.3 Å². The summed E-state index contributed by atoms with van der Waals surface area (Å²) in [5.41, 5.74) is -2.30. The lowest BCUT2D eigenvalue weighted by Crippen LogP contribution is -2.12. The van der Waals surface area contributed by atoms with Crippen molar-refractivity contribution in [3.63, 3.8) is 0 Å². The van der Waals surface area contributed by atoms with Crippen molar-refractivity contribution in [2.45, 2.75) is 21.8 Å². The third kappa shape index (κ3) is 7.86. The van der Waals surface area contributed by atoms with Crippen LogP contribution >= 0.6 is 24.2 Å². The van der Waals surface area contributed by atoms with Gasteiger partial charge in [-0.3, -0.25) is 4.79 Å². The fraction of sp³-hybridized carbons (Fsp3) is 0.136. The molecule has 0 aromatic heterocycles. The Morgan fingerprint density at radius 2 is 1.56 bits per heavy atom. The molecule has 0 saturated carbocycles. The van der Waals surface area contributed by atoms with Crippen molar-refractivity contribution in [3.05, 3.63) is 77.9 Å². The summed E-state index contributed by atoms with van der Waals surface area (Å²) in [6, 6.07) is 16.2. The molecule has 182 valence electrons. The van der Waals surface area contributed by atoms with E-state index in [1.54, 1.807) is 36.4 Å². The van der Waals surface area contributed by atoms with E-state index in [0.29, 0.717) is 17.8 Å². The van der Waals surface area contributed by atoms with Gasteiger partial charge in [-0.2, -0.15) is 13.2 Å². The van der Waals surface area contributed by atoms with Gasteiger partial charge in [0.15, 0.2) is 9.84 Å². The van der Waals surface area contributed by atoms with Crippen molar-refractivity contribution in [1.82, 2.24) is 0 Å². The standard InChI is InChI=1S/C22H19F3N2O4S2.ClH/c1-33(30,31)20-12-17(8-11-19(20)28)27-21(29)15-4-6-16(7-5-15)26-13-14-2-9-18(10-3-14)32-22(23,24)25;/h2-12,26,28H,13H2,1H3,(H,27,29);1H. The minimum absolute atomic E-state index is 0. The van der Waals surface area contributed by atoms with Crippen LogP contribution in [0.3, 0.4) is 0 Å². The third-order valence-corrected chi connectivity index (χ3v) is 6.28. The highest BCUT2D eigenvalue weighted by Gasteiger charge is 2.29. The number of carbonyl (C=O) groups is 1. The summed E-state index contributed by atoms with van der Waals surface area (Å²) in [5, 5.41) is 15.4. The molecular formula is C22H20ClF3N2O4S2. The maximum Gasteiger partial charge on any atom is 0.446 e. The molecular weight excluding hydrogens is 513 g/mol. The number of phenolic OH excluding ortho intramolecular Hbond substituents is 1. The van der Waals surface area contributed by atoms with Crippen molar-refractivity contribution in [3.8, 4) is 5.75 Å². The lowest BCUT2D eigenvalue weighted by molar-refractivity contribution is -0.0328. The lowest BCUT2D eigenvalue weighted by atomic mass is 10.1. The van der Waals surface area contributed by atoms with Gasteiger partial charge in [0.2, 0.25) is 0 Å². The van der Waals surface area contributed by atoms with Gasteiger partial charge < -0.3 is 15.7 Å². The van der Waals surface area contributed by atoms with Crippen LogP contribution < -0.4 is 10.6 Å². The SMILES string of the molecule is CS(=O)(=O)c1cc(NC(=O)c2ccc(NCc3ccc(SC(F)(F)F)cc3)cc2)ccc1O.Cl. The predicted molar refractivity (Wildman–Crippen MR) is 129 cm³/mol. The molecule has 3 aromatic rings. The van der Waals surface area contributed by atoms with Crippen molar-refractivity contribution in [2.75, 3.05) is 16.9 Å². The van der Waals surface area contributed by atoms with Crippen LogP contribution in [-0.2, 0) is 16.4 Å². The molecule has 0 fully saturated rings. The number of sulfone groups is 1. The number of carbonyl (C=O) groups excluding carboxylic acids is 1. The average molecular weight is 533 g/mol. The van der Waals surface area contributed by atoms with Gasteiger partial charge in [-0.05, 0) is 71.9 Å². The Hall–Kier alpha value is -2.89. The average Bonchev–Trinajstić information content (AvgIpc) is 2.73. The number of halogens is 4. The van der Waals surface area contributed by atoms with Gasteiger partial charge in [-0.15, -0.1) is 12.4 Å². The number of nitrogens with one attached hydrogen (secondary N) is 2. The summed E-state index contributed by atoms with van der Waals surface area (Å²) in [6.07, 6.45) is 0.954. The van der Waals surface area contributed by atoms with Crippen LogP contribution in [-0.4, -0.2) is 31.2 Å². The first-order valence-electron chi connectivity index (χ1n) is 9.44. The van der Waals surface area contributed by atoms with E-state index in [0.717, 1.165) is 11.8 Å². The molecule has 0 heterocycles. The normalized spacial score (nSPS) is 11.4. The van der Waals surface area contributed by atoms with E-state index < -0.39 is 27.0 Å². The largest absolute Gasteiger partial charge is 0.507 e. The predicted octanol–water partition coefficient (Wildman–Crippen LogP) is 5.69. The van der Waals surface area contributed by atoms with Crippen LogP contribution in [0.5, 0.6) is 5.75 Å². The zero-order valence-corrected chi connectivity index (χ0v) is 20.0. The van der Waals surface area contributed by atoms with Gasteiger partial charge in [0.05, 0.1) is 0 Å². The molecule has 3 N–H and O–H groups in total. The number of anilines is 2.